The molecule has 0 spiro atoms. The molecule has 6 nitrogen and oxygen atoms in total. The number of hydrogen-bond donors (Lipinski definition) is 1. The predicted octanol–water partition coefficient (Wildman–Crippen LogP) is 3.46. The molecule has 1 aliphatic carbocycles. The normalized spacial score (nSPS) is 13.3. The lowest BCUT2D eigenvalue weighted by atomic mass is 10.1. The lowest BCUT2D eigenvalue weighted by Crippen LogP contribution is -2.06. The van der Waals surface area contributed by atoms with E-state index in [1.54, 1.807) is 38.6 Å². The van der Waals surface area contributed by atoms with Crippen LogP contribution < -0.4 is 10.1 Å². The highest BCUT2D eigenvalue weighted by molar-refractivity contribution is 5.65. The minimum Gasteiger partial charge on any atom is -0.501 e. The Morgan fingerprint density at radius 3 is 2.84 bits per heavy atom. The van der Waals surface area contributed by atoms with Gasteiger partial charge in [0.1, 0.15) is 17.6 Å². The molecule has 125 valence electrons. The van der Waals surface area contributed by atoms with E-state index in [0.29, 0.717) is 17.3 Å². The number of nitriles is 1. The second-order valence-electron chi connectivity index (χ2n) is 5.27. The molecule has 1 heterocycles. The molecule has 0 saturated carbocycles. The molecule has 1 N–H and O–H groups in total. The van der Waals surface area contributed by atoms with E-state index in [1.807, 2.05) is 24.6 Å². The largest absolute Gasteiger partial charge is 0.501 e. The van der Waals surface area contributed by atoms with E-state index in [9.17, 15) is 5.26 Å². The number of ether oxygens (including phenoxy) is 2. The van der Waals surface area contributed by atoms with Crippen molar-refractivity contribution in [2.24, 2.45) is 0 Å². The molecule has 6 heteroatoms. The van der Waals surface area contributed by atoms with E-state index in [1.165, 1.54) is 0 Å². The summed E-state index contributed by atoms with van der Waals surface area (Å²) in [5.41, 5.74) is 2.88. The van der Waals surface area contributed by atoms with Crippen LogP contribution in [0.25, 0.3) is 11.3 Å². The van der Waals surface area contributed by atoms with Crippen molar-refractivity contribution in [1.82, 2.24) is 9.97 Å². The summed E-state index contributed by atoms with van der Waals surface area (Å²) in [5.74, 6) is 1.82. The lowest BCUT2D eigenvalue weighted by Gasteiger charge is -2.14. The van der Waals surface area contributed by atoms with Gasteiger partial charge < -0.3 is 14.8 Å². The van der Waals surface area contributed by atoms with Gasteiger partial charge in [-0.2, -0.15) is 5.26 Å². The summed E-state index contributed by atoms with van der Waals surface area (Å²) in [4.78, 5) is 8.78. The number of aromatic nitrogens is 2. The van der Waals surface area contributed by atoms with Crippen molar-refractivity contribution < 1.29 is 9.47 Å². The minimum atomic E-state index is 0.464. The molecule has 25 heavy (non-hydrogen) atoms. The number of methoxy groups -OCH3 is 2. The predicted molar refractivity (Wildman–Crippen MR) is 94.4 cm³/mol. The molecule has 0 amide bonds. The minimum absolute atomic E-state index is 0.464. The molecule has 0 bridgehead atoms. The molecule has 0 aliphatic heterocycles. The highest BCUT2D eigenvalue weighted by atomic mass is 16.5. The Bertz CT molecular complexity index is 881. The zero-order chi connectivity index (χ0) is 17.6. The fraction of sp³-hybridized carbons (Fsp3) is 0.158. The second-order valence-corrected chi connectivity index (χ2v) is 5.27. The highest BCUT2D eigenvalue weighted by Crippen LogP contribution is 2.26. The lowest BCUT2D eigenvalue weighted by molar-refractivity contribution is 0.296. The zero-order valence-electron chi connectivity index (χ0n) is 14.0. The summed E-state index contributed by atoms with van der Waals surface area (Å²) < 4.78 is 10.4. The van der Waals surface area contributed by atoms with Gasteiger partial charge in [0.25, 0.3) is 0 Å². The first-order chi connectivity index (χ1) is 12.2. The van der Waals surface area contributed by atoms with Crippen LogP contribution >= 0.6 is 0 Å². The van der Waals surface area contributed by atoms with E-state index in [0.717, 1.165) is 29.1 Å². The fourth-order valence-electron chi connectivity index (χ4n) is 2.47. The summed E-state index contributed by atoms with van der Waals surface area (Å²) in [7, 11) is 3.18. The Hall–Kier alpha value is -3.33. The number of anilines is 1. The number of benzene rings is 1. The Morgan fingerprint density at radius 1 is 1.20 bits per heavy atom. The van der Waals surface area contributed by atoms with E-state index >= 15 is 0 Å². The van der Waals surface area contributed by atoms with Crippen molar-refractivity contribution >= 4 is 5.95 Å². The molecule has 0 unspecified atom stereocenters. The molecule has 2 aromatic rings. The van der Waals surface area contributed by atoms with E-state index in [4.69, 9.17) is 9.47 Å². The number of hydrogen-bond acceptors (Lipinski definition) is 6. The van der Waals surface area contributed by atoms with Crippen LogP contribution in [-0.4, -0.2) is 24.2 Å². The molecule has 0 fully saturated rings. The van der Waals surface area contributed by atoms with Crippen LogP contribution in [0, 0.1) is 17.8 Å². The first-order valence-electron chi connectivity index (χ1n) is 7.71. The Morgan fingerprint density at radius 2 is 2.08 bits per heavy atom. The van der Waals surface area contributed by atoms with Gasteiger partial charge in [0.15, 0.2) is 0 Å². The zero-order valence-corrected chi connectivity index (χ0v) is 14.0. The third-order valence-corrected chi connectivity index (χ3v) is 3.72. The number of nitrogens with one attached hydrogen (secondary N) is 1. The summed E-state index contributed by atoms with van der Waals surface area (Å²) in [6, 6.07) is 9.31. The van der Waals surface area contributed by atoms with Crippen LogP contribution in [-0.2, 0) is 4.74 Å². The maximum Gasteiger partial charge on any atom is 0.227 e. The number of nitrogens with zero attached hydrogens (tertiary/aromatic N) is 3. The van der Waals surface area contributed by atoms with Gasteiger partial charge in [-0.3, -0.25) is 0 Å². The maximum absolute atomic E-state index is 9.24. The van der Waals surface area contributed by atoms with Crippen LogP contribution in [0.4, 0.5) is 5.95 Å². The number of rotatable bonds is 5. The molecule has 1 radical (unpaired) electrons. The summed E-state index contributed by atoms with van der Waals surface area (Å²) >= 11 is 0. The van der Waals surface area contributed by atoms with Gasteiger partial charge >= 0.3 is 0 Å². The Balaban J connectivity index is 1.86. The van der Waals surface area contributed by atoms with Gasteiger partial charge in [0.05, 0.1) is 25.5 Å². The molecule has 3 rings (SSSR count). The topological polar surface area (TPSA) is 80.1 Å². The Labute approximate surface area is 146 Å². The molecule has 1 aliphatic rings. The molecule has 0 saturated heterocycles. The van der Waals surface area contributed by atoms with Crippen LogP contribution in [0.3, 0.4) is 0 Å². The van der Waals surface area contributed by atoms with E-state index in [2.05, 4.69) is 21.4 Å². The molecular weight excluding hydrogens is 316 g/mol. The van der Waals surface area contributed by atoms with Gasteiger partial charge in [-0.05, 0) is 36.8 Å². The Kier molecular flexibility index (Phi) is 4.95. The first kappa shape index (κ1) is 16.5. The van der Waals surface area contributed by atoms with Crippen LogP contribution in [0.15, 0.2) is 54.1 Å². The van der Waals surface area contributed by atoms with Crippen LogP contribution in [0.1, 0.15) is 12.0 Å². The molecule has 1 aromatic heterocycles. The summed E-state index contributed by atoms with van der Waals surface area (Å²) in [6.45, 7) is 0. The van der Waals surface area contributed by atoms with Crippen molar-refractivity contribution in [3.63, 3.8) is 0 Å². The van der Waals surface area contributed by atoms with E-state index in [-0.39, 0.29) is 0 Å². The SMILES string of the molecule is COC1=CC(Nc2nccc(-c3ccc(OC)c(C#N)c3)n2)=CC[CH]1. The van der Waals surface area contributed by atoms with Crippen molar-refractivity contribution in [1.29, 1.82) is 5.26 Å². The maximum atomic E-state index is 9.24. The monoisotopic (exact) mass is 333 g/mol. The average molecular weight is 333 g/mol. The van der Waals surface area contributed by atoms with Gasteiger partial charge in [-0.1, -0.05) is 6.08 Å². The number of allylic oxidation sites excluding steroid dienone is 3. The van der Waals surface area contributed by atoms with Gasteiger partial charge in [0.2, 0.25) is 5.95 Å². The standard InChI is InChI=1S/C19H17N4O2/c1-24-16-5-3-4-15(11-16)22-19-21-9-8-17(23-19)13-6-7-18(25-2)14(10-13)12-20/h4-11H,3H2,1-2H3,(H,21,22,23). The first-order valence-corrected chi connectivity index (χ1v) is 7.71. The highest BCUT2D eigenvalue weighted by Gasteiger charge is 2.10. The fourth-order valence-corrected chi connectivity index (χ4v) is 2.47. The average Bonchev–Trinajstić information content (AvgIpc) is 2.67. The molecule has 1 aromatic carbocycles. The van der Waals surface area contributed by atoms with Crippen molar-refractivity contribution in [3.05, 3.63) is 66.1 Å². The quantitative estimate of drug-likeness (QED) is 0.902. The summed E-state index contributed by atoms with van der Waals surface area (Å²) in [5, 5.41) is 12.4. The third kappa shape index (κ3) is 3.78. The second kappa shape index (κ2) is 7.49. The third-order valence-electron chi connectivity index (χ3n) is 3.72. The molecule has 0 atom stereocenters. The smallest absolute Gasteiger partial charge is 0.227 e. The van der Waals surface area contributed by atoms with Gasteiger partial charge in [0, 0.05) is 23.9 Å². The molecular formula is C19H17N4O2. The van der Waals surface area contributed by atoms with Gasteiger partial charge in [-0.25, -0.2) is 9.97 Å². The van der Waals surface area contributed by atoms with Crippen LogP contribution in [0.2, 0.25) is 0 Å². The van der Waals surface area contributed by atoms with Crippen molar-refractivity contribution in [3.8, 4) is 23.1 Å². The van der Waals surface area contributed by atoms with Gasteiger partial charge in [-0.15, -0.1) is 0 Å². The van der Waals surface area contributed by atoms with Crippen LogP contribution in [0.5, 0.6) is 5.75 Å². The van der Waals surface area contributed by atoms with Crippen molar-refractivity contribution in [2.75, 3.05) is 19.5 Å². The van der Waals surface area contributed by atoms with E-state index < -0.39 is 0 Å². The van der Waals surface area contributed by atoms with Crippen molar-refractivity contribution in [2.45, 2.75) is 6.42 Å². The summed E-state index contributed by atoms with van der Waals surface area (Å²) in [6.07, 6.45) is 8.37.